The maximum Gasteiger partial charge on any atom is 0.293 e. The summed E-state index contributed by atoms with van der Waals surface area (Å²) >= 11 is 5.12. The largest absolute Gasteiger partial charge is 0.459 e. The average Bonchev–Trinajstić information content (AvgIpc) is 3.33. The summed E-state index contributed by atoms with van der Waals surface area (Å²) in [6.45, 7) is 1.25. The highest BCUT2D eigenvalue weighted by Crippen LogP contribution is 2.13. The molecule has 0 spiro atoms. The van der Waals surface area contributed by atoms with Gasteiger partial charge in [-0.1, -0.05) is 6.07 Å². The predicted octanol–water partition coefficient (Wildman–Crippen LogP) is 2.32. The van der Waals surface area contributed by atoms with Crippen molar-refractivity contribution in [3.8, 4) is 0 Å². The normalized spacial score (nSPS) is 16.1. The Balaban J connectivity index is 1.53. The lowest BCUT2D eigenvalue weighted by Gasteiger charge is -2.12. The van der Waals surface area contributed by atoms with Crippen molar-refractivity contribution in [3.63, 3.8) is 0 Å². The second kappa shape index (κ2) is 8.59. The van der Waals surface area contributed by atoms with Gasteiger partial charge in [-0.05, 0) is 55.4 Å². The second-order valence-corrected chi connectivity index (χ2v) is 6.22. The van der Waals surface area contributed by atoms with E-state index in [1.807, 2.05) is 0 Å². The molecular weight excluding hydrogens is 354 g/mol. The smallest absolute Gasteiger partial charge is 0.293 e. The Morgan fingerprint density at radius 2 is 2.08 bits per heavy atom. The van der Waals surface area contributed by atoms with Gasteiger partial charge in [-0.3, -0.25) is 14.9 Å². The Bertz CT molecular complexity index is 785. The molecule has 1 aromatic carbocycles. The zero-order valence-electron chi connectivity index (χ0n) is 14.0. The van der Waals surface area contributed by atoms with Crippen LogP contribution in [0.2, 0.25) is 0 Å². The van der Waals surface area contributed by atoms with Crippen molar-refractivity contribution in [1.82, 2.24) is 10.6 Å². The van der Waals surface area contributed by atoms with Crippen LogP contribution in [0.15, 0.2) is 47.1 Å². The second-order valence-electron chi connectivity index (χ2n) is 5.81. The summed E-state index contributed by atoms with van der Waals surface area (Å²) in [5.41, 5.74) is 1.09. The van der Waals surface area contributed by atoms with Gasteiger partial charge in [0.05, 0.1) is 12.4 Å². The van der Waals surface area contributed by atoms with Crippen LogP contribution in [0.25, 0.3) is 0 Å². The summed E-state index contributed by atoms with van der Waals surface area (Å²) in [6, 6.07) is 10.0. The van der Waals surface area contributed by atoms with E-state index < -0.39 is 5.91 Å². The summed E-state index contributed by atoms with van der Waals surface area (Å²) in [5.74, 6) is -0.468. The van der Waals surface area contributed by atoms with Gasteiger partial charge in [-0.25, -0.2) is 0 Å². The van der Waals surface area contributed by atoms with Gasteiger partial charge >= 0.3 is 0 Å². The van der Waals surface area contributed by atoms with E-state index in [1.54, 1.807) is 30.3 Å². The van der Waals surface area contributed by atoms with E-state index in [0.29, 0.717) is 17.8 Å². The van der Waals surface area contributed by atoms with E-state index >= 15 is 0 Å². The number of ether oxygens (including phenoxy) is 1. The number of hydrogen-bond donors (Lipinski definition) is 3. The summed E-state index contributed by atoms with van der Waals surface area (Å²) < 4.78 is 10.5. The molecule has 0 saturated carbocycles. The van der Waals surface area contributed by atoms with E-state index in [0.717, 1.165) is 19.4 Å². The van der Waals surface area contributed by atoms with Crippen LogP contribution in [0.4, 0.5) is 5.69 Å². The molecule has 1 aromatic heterocycles. The third-order valence-electron chi connectivity index (χ3n) is 3.87. The number of carbonyl (C=O) groups is 2. The van der Waals surface area contributed by atoms with Gasteiger partial charge in [0.25, 0.3) is 11.8 Å². The molecular formula is C18H19N3O4S. The number of carbonyl (C=O) groups excluding carboxylic acids is 2. The molecule has 2 heterocycles. The summed E-state index contributed by atoms with van der Waals surface area (Å²) in [4.78, 5) is 24.1. The first-order chi connectivity index (χ1) is 12.6. The zero-order valence-corrected chi connectivity index (χ0v) is 14.8. The number of rotatable bonds is 5. The molecule has 1 atom stereocenters. The third kappa shape index (κ3) is 4.90. The predicted molar refractivity (Wildman–Crippen MR) is 100 cm³/mol. The van der Waals surface area contributed by atoms with E-state index in [1.165, 1.54) is 12.3 Å². The van der Waals surface area contributed by atoms with Gasteiger partial charge in [0, 0.05) is 24.4 Å². The molecule has 7 nitrogen and oxygen atoms in total. The number of benzene rings is 1. The molecule has 8 heteroatoms. The molecule has 1 unspecified atom stereocenters. The molecule has 0 aliphatic carbocycles. The number of anilines is 1. The van der Waals surface area contributed by atoms with E-state index in [-0.39, 0.29) is 22.9 Å². The number of nitrogens with one attached hydrogen (secondary N) is 3. The molecule has 0 radical (unpaired) electrons. The van der Waals surface area contributed by atoms with Crippen LogP contribution in [-0.2, 0) is 4.74 Å². The van der Waals surface area contributed by atoms with Crippen LogP contribution in [0.3, 0.4) is 0 Å². The Labute approximate surface area is 156 Å². The van der Waals surface area contributed by atoms with Crippen molar-refractivity contribution in [3.05, 3.63) is 54.0 Å². The van der Waals surface area contributed by atoms with Crippen LogP contribution in [0.1, 0.15) is 33.8 Å². The molecule has 3 N–H and O–H groups in total. The van der Waals surface area contributed by atoms with Crippen LogP contribution in [0, 0.1) is 0 Å². The molecule has 1 aliphatic heterocycles. The minimum absolute atomic E-state index is 0.0876. The van der Waals surface area contributed by atoms with Gasteiger partial charge in [0.1, 0.15) is 0 Å². The Kier molecular flexibility index (Phi) is 5.98. The molecule has 2 aromatic rings. The maximum atomic E-state index is 12.3. The number of furan rings is 1. The summed E-state index contributed by atoms with van der Waals surface area (Å²) in [5, 5.41) is 8.37. The van der Waals surface area contributed by atoms with Crippen molar-refractivity contribution in [2.45, 2.75) is 18.9 Å². The minimum atomic E-state index is -0.446. The SMILES string of the molecule is O=C(NCC1CCCO1)c1cccc(NC(=S)NC(=O)c2ccco2)c1. The highest BCUT2D eigenvalue weighted by molar-refractivity contribution is 7.80. The lowest BCUT2D eigenvalue weighted by molar-refractivity contribution is 0.0857. The topological polar surface area (TPSA) is 92.6 Å². The third-order valence-corrected chi connectivity index (χ3v) is 4.07. The summed E-state index contributed by atoms with van der Waals surface area (Å²) in [6.07, 6.45) is 3.49. The van der Waals surface area contributed by atoms with Gasteiger partial charge in [0.15, 0.2) is 10.9 Å². The van der Waals surface area contributed by atoms with Gasteiger partial charge in [-0.15, -0.1) is 0 Å². The Morgan fingerprint density at radius 3 is 2.81 bits per heavy atom. The molecule has 1 saturated heterocycles. The fourth-order valence-electron chi connectivity index (χ4n) is 2.59. The average molecular weight is 373 g/mol. The fraction of sp³-hybridized carbons (Fsp3) is 0.278. The quantitative estimate of drug-likeness (QED) is 0.697. The fourth-order valence-corrected chi connectivity index (χ4v) is 2.80. The maximum absolute atomic E-state index is 12.3. The van der Waals surface area contributed by atoms with E-state index in [9.17, 15) is 9.59 Å². The van der Waals surface area contributed by atoms with Crippen LogP contribution < -0.4 is 16.0 Å². The van der Waals surface area contributed by atoms with Gasteiger partial charge in [-0.2, -0.15) is 0 Å². The molecule has 1 fully saturated rings. The van der Waals surface area contributed by atoms with Gasteiger partial charge in [0.2, 0.25) is 0 Å². The lowest BCUT2D eigenvalue weighted by atomic mass is 10.1. The van der Waals surface area contributed by atoms with Crippen LogP contribution >= 0.6 is 12.2 Å². The lowest BCUT2D eigenvalue weighted by Crippen LogP contribution is -2.34. The number of thiocarbonyl (C=S) groups is 1. The summed E-state index contributed by atoms with van der Waals surface area (Å²) in [7, 11) is 0. The van der Waals surface area contributed by atoms with Crippen molar-refractivity contribution in [2.75, 3.05) is 18.5 Å². The Hall–Kier alpha value is -2.71. The minimum Gasteiger partial charge on any atom is -0.459 e. The highest BCUT2D eigenvalue weighted by atomic mass is 32.1. The monoisotopic (exact) mass is 373 g/mol. The first kappa shape index (κ1) is 18.1. The number of amides is 2. The van der Waals surface area contributed by atoms with Crippen LogP contribution in [0.5, 0.6) is 0 Å². The number of hydrogen-bond acceptors (Lipinski definition) is 5. The zero-order chi connectivity index (χ0) is 18.4. The first-order valence-corrected chi connectivity index (χ1v) is 8.68. The molecule has 26 heavy (non-hydrogen) atoms. The van der Waals surface area contributed by atoms with Crippen molar-refractivity contribution < 1.29 is 18.7 Å². The molecule has 1 aliphatic rings. The van der Waals surface area contributed by atoms with Crippen molar-refractivity contribution in [1.29, 1.82) is 0 Å². The van der Waals surface area contributed by atoms with Crippen molar-refractivity contribution in [2.24, 2.45) is 0 Å². The first-order valence-electron chi connectivity index (χ1n) is 8.27. The highest BCUT2D eigenvalue weighted by Gasteiger charge is 2.17. The van der Waals surface area contributed by atoms with E-state index in [4.69, 9.17) is 21.4 Å². The Morgan fingerprint density at radius 1 is 1.19 bits per heavy atom. The molecule has 136 valence electrons. The van der Waals surface area contributed by atoms with Crippen molar-refractivity contribution >= 4 is 34.8 Å². The molecule has 2 amide bonds. The molecule has 0 bridgehead atoms. The van der Waals surface area contributed by atoms with Gasteiger partial charge < -0.3 is 19.8 Å². The van der Waals surface area contributed by atoms with Crippen LogP contribution in [-0.4, -0.2) is 36.2 Å². The van der Waals surface area contributed by atoms with E-state index in [2.05, 4.69) is 16.0 Å². The molecule has 3 rings (SSSR count). The standard InChI is InChI=1S/C18H19N3O4S/c22-16(19-11-14-6-2-8-24-14)12-4-1-5-13(10-12)20-18(26)21-17(23)15-7-3-9-25-15/h1,3-5,7,9-10,14H,2,6,8,11H2,(H,19,22)(H2,20,21,23,26).